The van der Waals surface area contributed by atoms with E-state index in [1.165, 1.54) is 0 Å². The highest BCUT2D eigenvalue weighted by Crippen LogP contribution is 2.51. The van der Waals surface area contributed by atoms with E-state index >= 15 is 0 Å². The number of hydrogen-bond acceptors (Lipinski definition) is 2. The minimum atomic E-state index is -0.656. The van der Waals surface area contributed by atoms with Crippen LogP contribution >= 0.6 is 0 Å². The van der Waals surface area contributed by atoms with Crippen molar-refractivity contribution in [2.24, 2.45) is 11.8 Å². The molecule has 1 aliphatic heterocycles. The first-order valence-corrected chi connectivity index (χ1v) is 6.21. The van der Waals surface area contributed by atoms with Gasteiger partial charge >= 0.3 is 0 Å². The topological polar surface area (TPSA) is 29.5 Å². The summed E-state index contributed by atoms with van der Waals surface area (Å²) in [5.41, 5.74) is -1.05. The van der Waals surface area contributed by atoms with Crippen LogP contribution in [0.2, 0.25) is 0 Å². The van der Waals surface area contributed by atoms with Gasteiger partial charge in [-0.3, -0.25) is 0 Å². The lowest BCUT2D eigenvalue weighted by Crippen LogP contribution is -2.76. The van der Waals surface area contributed by atoms with E-state index in [9.17, 15) is 5.11 Å². The van der Waals surface area contributed by atoms with Crippen molar-refractivity contribution in [1.82, 2.24) is 0 Å². The first-order chi connectivity index (χ1) is 6.81. The second-order valence-electron chi connectivity index (χ2n) is 5.57. The molecule has 90 valence electrons. The highest BCUT2D eigenvalue weighted by Gasteiger charge is 2.64. The van der Waals surface area contributed by atoms with Crippen molar-refractivity contribution in [2.75, 3.05) is 0 Å². The Kier molecular flexibility index (Phi) is 3.52. The van der Waals surface area contributed by atoms with Crippen LogP contribution in [0.25, 0.3) is 0 Å². The van der Waals surface area contributed by atoms with Crippen LogP contribution in [-0.2, 0) is 4.74 Å². The largest absolute Gasteiger partial charge is 0.384 e. The Bertz CT molecular complexity index is 225. The van der Waals surface area contributed by atoms with Crippen molar-refractivity contribution in [1.29, 1.82) is 0 Å². The van der Waals surface area contributed by atoms with Crippen molar-refractivity contribution < 1.29 is 9.84 Å². The van der Waals surface area contributed by atoms with Crippen molar-refractivity contribution in [3.63, 3.8) is 0 Å². The fourth-order valence-electron chi connectivity index (χ4n) is 2.74. The van der Waals surface area contributed by atoms with Gasteiger partial charge < -0.3 is 9.84 Å². The normalized spacial score (nSPS) is 38.2. The minimum Gasteiger partial charge on any atom is -0.384 e. The molecule has 1 fully saturated rings. The summed E-state index contributed by atoms with van der Waals surface area (Å²) >= 11 is 0. The molecule has 0 aromatic carbocycles. The smallest absolute Gasteiger partial charge is 0.122 e. The fourth-order valence-corrected chi connectivity index (χ4v) is 2.74. The molecule has 2 nitrogen and oxygen atoms in total. The molecule has 0 aromatic heterocycles. The van der Waals surface area contributed by atoms with Crippen LogP contribution in [0.5, 0.6) is 0 Å². The maximum absolute atomic E-state index is 10.8. The zero-order chi connectivity index (χ0) is 11.9. The molecule has 0 radical (unpaired) electrons. The van der Waals surface area contributed by atoms with Crippen molar-refractivity contribution >= 4 is 0 Å². The molecular weight excluding hydrogens is 188 g/mol. The molecule has 1 heterocycles. The van der Waals surface area contributed by atoms with E-state index < -0.39 is 11.2 Å². The van der Waals surface area contributed by atoms with Gasteiger partial charge in [-0.2, -0.15) is 0 Å². The van der Waals surface area contributed by atoms with Crippen LogP contribution in [-0.4, -0.2) is 22.4 Å². The molecule has 4 atom stereocenters. The molecule has 1 saturated heterocycles. The lowest BCUT2D eigenvalue weighted by atomic mass is 9.63. The van der Waals surface area contributed by atoms with Gasteiger partial charge in [0.2, 0.25) is 0 Å². The number of rotatable bonds is 4. The predicted molar refractivity (Wildman–Crippen MR) is 62.8 cm³/mol. The minimum absolute atomic E-state index is 0.00690. The zero-order valence-electron chi connectivity index (χ0n) is 11.0. The highest BCUT2D eigenvalue weighted by atomic mass is 16.6. The Balaban J connectivity index is 2.88. The number of ether oxygens (including phenoxy) is 1. The van der Waals surface area contributed by atoms with Gasteiger partial charge in [0, 0.05) is 0 Å². The van der Waals surface area contributed by atoms with Gasteiger partial charge in [-0.15, -0.1) is 0 Å². The van der Waals surface area contributed by atoms with Crippen LogP contribution in [0, 0.1) is 11.8 Å². The Hall–Kier alpha value is -0.0800. The van der Waals surface area contributed by atoms with Gasteiger partial charge in [0.1, 0.15) is 5.60 Å². The molecule has 0 saturated carbocycles. The first kappa shape index (κ1) is 13.0. The summed E-state index contributed by atoms with van der Waals surface area (Å²) in [4.78, 5) is 0. The Morgan fingerprint density at radius 3 is 2.07 bits per heavy atom. The molecule has 1 N–H and O–H groups in total. The summed E-state index contributed by atoms with van der Waals surface area (Å²) < 4.78 is 5.87. The molecule has 0 aromatic rings. The molecule has 0 aliphatic carbocycles. The third kappa shape index (κ3) is 1.72. The van der Waals surface area contributed by atoms with E-state index in [2.05, 4.69) is 27.7 Å². The fraction of sp³-hybridized carbons (Fsp3) is 1.00. The molecule has 0 bridgehead atoms. The maximum atomic E-state index is 10.8. The van der Waals surface area contributed by atoms with Gasteiger partial charge in [-0.05, 0) is 25.7 Å². The summed E-state index contributed by atoms with van der Waals surface area (Å²) in [5, 5.41) is 10.8. The summed E-state index contributed by atoms with van der Waals surface area (Å²) in [6.45, 7) is 12.6. The van der Waals surface area contributed by atoms with E-state index in [1.54, 1.807) is 0 Å². The monoisotopic (exact) mass is 214 g/mol. The third-order valence-electron chi connectivity index (χ3n) is 4.34. The highest BCUT2D eigenvalue weighted by molar-refractivity contribution is 5.13. The van der Waals surface area contributed by atoms with E-state index in [1.807, 2.05) is 13.8 Å². The average Bonchev–Trinajstić information content (AvgIpc) is 2.22. The quantitative estimate of drug-likeness (QED) is 0.779. The van der Waals surface area contributed by atoms with Crippen LogP contribution in [0.3, 0.4) is 0 Å². The van der Waals surface area contributed by atoms with E-state index in [0.717, 1.165) is 12.8 Å². The second kappa shape index (κ2) is 4.06. The Morgan fingerprint density at radius 2 is 1.73 bits per heavy atom. The molecule has 2 heteroatoms. The summed E-state index contributed by atoms with van der Waals surface area (Å²) in [7, 11) is 0. The first-order valence-electron chi connectivity index (χ1n) is 6.21. The van der Waals surface area contributed by atoms with Crippen molar-refractivity contribution in [3.05, 3.63) is 0 Å². The lowest BCUT2D eigenvalue weighted by molar-refractivity contribution is -0.367. The van der Waals surface area contributed by atoms with Crippen molar-refractivity contribution in [3.8, 4) is 0 Å². The standard InChI is InChI=1S/C13H26O2/c1-7-9(3)11-13(14,10(4)8-2)12(5,6)15-11/h9-11,14H,7-8H2,1-6H3/t9-,10-,11-,13+/m1/s1. The van der Waals surface area contributed by atoms with E-state index in [-0.39, 0.29) is 6.10 Å². The SMILES string of the molecule is CC[C@@H](C)[C@H]1OC(C)(C)[C@]1(O)[C@H](C)CC. The summed E-state index contributed by atoms with van der Waals surface area (Å²) in [6.07, 6.45) is 2.06. The van der Waals surface area contributed by atoms with Gasteiger partial charge in [0.15, 0.2) is 0 Å². The maximum Gasteiger partial charge on any atom is 0.122 e. The molecule has 0 spiro atoms. The van der Waals surface area contributed by atoms with Crippen LogP contribution < -0.4 is 0 Å². The van der Waals surface area contributed by atoms with Gasteiger partial charge in [-0.25, -0.2) is 0 Å². The number of aliphatic hydroxyl groups is 1. The Labute approximate surface area is 94.0 Å². The van der Waals surface area contributed by atoms with Crippen molar-refractivity contribution in [2.45, 2.75) is 71.7 Å². The van der Waals surface area contributed by atoms with Gasteiger partial charge in [0.05, 0.1) is 11.7 Å². The molecule has 0 unspecified atom stereocenters. The van der Waals surface area contributed by atoms with Gasteiger partial charge in [-0.1, -0.05) is 40.5 Å². The van der Waals surface area contributed by atoms with Crippen LogP contribution in [0.1, 0.15) is 54.4 Å². The molecule has 1 aliphatic rings. The molecular formula is C13H26O2. The third-order valence-corrected chi connectivity index (χ3v) is 4.34. The van der Waals surface area contributed by atoms with E-state index in [4.69, 9.17) is 4.74 Å². The Morgan fingerprint density at radius 1 is 1.20 bits per heavy atom. The van der Waals surface area contributed by atoms with Gasteiger partial charge in [0.25, 0.3) is 0 Å². The predicted octanol–water partition coefficient (Wildman–Crippen LogP) is 2.99. The average molecular weight is 214 g/mol. The summed E-state index contributed by atoms with van der Waals surface area (Å²) in [5.74, 6) is 0.720. The van der Waals surface area contributed by atoms with E-state index in [0.29, 0.717) is 11.8 Å². The lowest BCUT2D eigenvalue weighted by Gasteiger charge is -2.62. The number of hydrogen-bond donors (Lipinski definition) is 1. The molecule has 1 rings (SSSR count). The zero-order valence-corrected chi connectivity index (χ0v) is 11.0. The van der Waals surface area contributed by atoms with Crippen LogP contribution in [0.4, 0.5) is 0 Å². The second-order valence-corrected chi connectivity index (χ2v) is 5.57. The molecule has 15 heavy (non-hydrogen) atoms. The van der Waals surface area contributed by atoms with Crippen LogP contribution in [0.15, 0.2) is 0 Å². The summed E-state index contributed by atoms with van der Waals surface area (Å²) in [6, 6.07) is 0. The molecule has 0 amide bonds.